The minimum Gasteiger partial charge on any atom is -0.452 e. The molecule has 5 nitrogen and oxygen atoms in total. The van der Waals surface area contributed by atoms with Gasteiger partial charge in [-0.05, 0) is 47.5 Å². The van der Waals surface area contributed by atoms with Gasteiger partial charge in [0.1, 0.15) is 5.75 Å². The number of amides is 1. The number of aromatic nitrogens is 2. The van der Waals surface area contributed by atoms with Crippen LogP contribution in [-0.4, -0.2) is 20.6 Å². The molecule has 0 unspecified atom stereocenters. The maximum atomic E-state index is 14.2. The number of para-hydroxylation sites is 1. The maximum absolute atomic E-state index is 14.2. The minimum atomic E-state index is -0.579. The third kappa shape index (κ3) is 3.66. The lowest BCUT2D eigenvalue weighted by molar-refractivity contribution is 0.0765. The fourth-order valence-electron chi connectivity index (χ4n) is 3.69. The molecule has 0 saturated heterocycles. The molecule has 2 heterocycles. The first-order chi connectivity index (χ1) is 15.1. The molecule has 4 aromatic rings. The smallest absolute Gasteiger partial charge is 0.258 e. The second-order valence-corrected chi connectivity index (χ2v) is 7.63. The van der Waals surface area contributed by atoms with E-state index in [-0.39, 0.29) is 16.7 Å². The maximum Gasteiger partial charge on any atom is 0.258 e. The molecular formula is C24H17ClFN3O2. The summed E-state index contributed by atoms with van der Waals surface area (Å²) in [6.07, 6.45) is 3.60. The Balaban J connectivity index is 1.37. The number of ether oxygens (including phenoxy) is 1. The largest absolute Gasteiger partial charge is 0.452 e. The lowest BCUT2D eigenvalue weighted by atomic mass is 10.1. The molecule has 3 aromatic carbocycles. The third-order valence-electron chi connectivity index (χ3n) is 5.18. The molecule has 0 aliphatic carbocycles. The fourth-order valence-corrected chi connectivity index (χ4v) is 3.89. The Morgan fingerprint density at radius 2 is 1.84 bits per heavy atom. The topological polar surface area (TPSA) is 47.4 Å². The molecule has 0 radical (unpaired) electrons. The molecular weight excluding hydrogens is 417 g/mol. The van der Waals surface area contributed by atoms with E-state index in [1.54, 1.807) is 34.0 Å². The van der Waals surface area contributed by atoms with Gasteiger partial charge in [-0.25, -0.2) is 9.07 Å². The van der Waals surface area contributed by atoms with E-state index in [1.165, 1.54) is 12.1 Å². The van der Waals surface area contributed by atoms with Crippen molar-refractivity contribution in [3.05, 3.63) is 107 Å². The molecule has 0 atom stereocenters. The number of nitrogens with zero attached hydrogens (tertiary/aromatic N) is 3. The predicted octanol–water partition coefficient (Wildman–Crippen LogP) is 5.61. The van der Waals surface area contributed by atoms with Gasteiger partial charge in [0.15, 0.2) is 11.6 Å². The van der Waals surface area contributed by atoms with Gasteiger partial charge in [-0.3, -0.25) is 4.79 Å². The molecule has 0 fully saturated rings. The highest BCUT2D eigenvalue weighted by Gasteiger charge is 2.31. The Hall–Kier alpha value is -3.64. The van der Waals surface area contributed by atoms with Crippen molar-refractivity contribution in [2.75, 3.05) is 0 Å². The Morgan fingerprint density at radius 3 is 2.58 bits per heavy atom. The van der Waals surface area contributed by atoms with Crippen LogP contribution in [0.2, 0.25) is 5.02 Å². The van der Waals surface area contributed by atoms with E-state index in [0.29, 0.717) is 24.4 Å². The molecule has 0 spiro atoms. The Labute approximate surface area is 183 Å². The van der Waals surface area contributed by atoms with Crippen molar-refractivity contribution in [1.82, 2.24) is 14.7 Å². The zero-order chi connectivity index (χ0) is 21.4. The molecule has 0 bridgehead atoms. The molecule has 1 aromatic heterocycles. The monoisotopic (exact) mass is 433 g/mol. The van der Waals surface area contributed by atoms with Gasteiger partial charge >= 0.3 is 0 Å². The highest BCUT2D eigenvalue weighted by atomic mass is 35.5. The van der Waals surface area contributed by atoms with E-state index in [0.717, 1.165) is 16.8 Å². The lowest BCUT2D eigenvalue weighted by Gasteiger charge is -2.16. The molecule has 5 rings (SSSR count). The summed E-state index contributed by atoms with van der Waals surface area (Å²) in [4.78, 5) is 14.9. The van der Waals surface area contributed by atoms with E-state index < -0.39 is 5.82 Å². The van der Waals surface area contributed by atoms with Gasteiger partial charge in [0.25, 0.3) is 5.91 Å². The molecule has 1 aliphatic rings. The fraction of sp³-hybridized carbons (Fsp3) is 0.0833. The summed E-state index contributed by atoms with van der Waals surface area (Å²) in [7, 11) is 0. The molecule has 7 heteroatoms. The highest BCUT2D eigenvalue weighted by Crippen LogP contribution is 2.37. The number of benzene rings is 3. The van der Waals surface area contributed by atoms with Crippen LogP contribution in [0.5, 0.6) is 11.5 Å². The first-order valence-electron chi connectivity index (χ1n) is 9.72. The van der Waals surface area contributed by atoms with Crippen molar-refractivity contribution in [1.29, 1.82) is 0 Å². The van der Waals surface area contributed by atoms with E-state index in [1.807, 2.05) is 42.6 Å². The van der Waals surface area contributed by atoms with Crippen molar-refractivity contribution < 1.29 is 13.9 Å². The van der Waals surface area contributed by atoms with E-state index in [2.05, 4.69) is 5.10 Å². The Kier molecular flexibility index (Phi) is 4.92. The van der Waals surface area contributed by atoms with Crippen LogP contribution >= 0.6 is 11.6 Å². The molecule has 1 amide bonds. The van der Waals surface area contributed by atoms with Crippen LogP contribution in [-0.2, 0) is 13.1 Å². The highest BCUT2D eigenvalue weighted by molar-refractivity contribution is 6.32. The Morgan fingerprint density at radius 1 is 1.03 bits per heavy atom. The van der Waals surface area contributed by atoms with E-state index in [9.17, 15) is 9.18 Å². The molecule has 154 valence electrons. The SMILES string of the molecule is O=C1c2c(cccc2Oc2c(F)cccc2Cl)CN1Cc1ccc(-n2cccn2)cc1. The van der Waals surface area contributed by atoms with Crippen LogP contribution in [0, 0.1) is 5.82 Å². The van der Waals surface area contributed by atoms with Crippen LogP contribution < -0.4 is 4.74 Å². The van der Waals surface area contributed by atoms with Gasteiger partial charge in [-0.1, -0.05) is 41.9 Å². The zero-order valence-corrected chi connectivity index (χ0v) is 17.1. The molecule has 0 saturated carbocycles. The van der Waals surface area contributed by atoms with Crippen LogP contribution in [0.25, 0.3) is 5.69 Å². The summed E-state index contributed by atoms with van der Waals surface area (Å²) >= 11 is 6.09. The van der Waals surface area contributed by atoms with Crippen molar-refractivity contribution >= 4 is 17.5 Å². The summed E-state index contributed by atoms with van der Waals surface area (Å²) in [5, 5.41) is 4.37. The number of hydrogen-bond donors (Lipinski definition) is 0. The number of hydrogen-bond acceptors (Lipinski definition) is 3. The standard InChI is InChI=1S/C24H17ClFN3O2/c25-19-5-2-6-20(26)23(19)31-21-7-1-4-17-15-28(24(30)22(17)21)14-16-8-10-18(11-9-16)29-13-3-12-27-29/h1-13H,14-15H2. The third-order valence-corrected chi connectivity index (χ3v) is 5.48. The van der Waals surface area contributed by atoms with E-state index >= 15 is 0 Å². The second kappa shape index (κ2) is 7.89. The average molecular weight is 434 g/mol. The van der Waals surface area contributed by atoms with E-state index in [4.69, 9.17) is 16.3 Å². The van der Waals surface area contributed by atoms with Gasteiger partial charge in [0, 0.05) is 25.5 Å². The zero-order valence-electron chi connectivity index (χ0n) is 16.3. The second-order valence-electron chi connectivity index (χ2n) is 7.22. The normalized spacial score (nSPS) is 12.8. The average Bonchev–Trinajstić information content (AvgIpc) is 3.41. The van der Waals surface area contributed by atoms with Crippen LogP contribution in [0.4, 0.5) is 4.39 Å². The summed E-state index contributed by atoms with van der Waals surface area (Å²) < 4.78 is 21.7. The first-order valence-corrected chi connectivity index (χ1v) is 10.1. The van der Waals surface area contributed by atoms with Crippen molar-refractivity contribution in [3.63, 3.8) is 0 Å². The summed E-state index contributed by atoms with van der Waals surface area (Å²) in [6.45, 7) is 0.907. The quantitative estimate of drug-likeness (QED) is 0.411. The van der Waals surface area contributed by atoms with Crippen LogP contribution in [0.15, 0.2) is 79.1 Å². The van der Waals surface area contributed by atoms with Crippen LogP contribution in [0.1, 0.15) is 21.5 Å². The van der Waals surface area contributed by atoms with Crippen molar-refractivity contribution in [2.24, 2.45) is 0 Å². The lowest BCUT2D eigenvalue weighted by Crippen LogP contribution is -2.23. The molecule has 1 aliphatic heterocycles. The number of rotatable bonds is 5. The number of carbonyl (C=O) groups is 1. The summed E-state index contributed by atoms with van der Waals surface area (Å²) in [6, 6.07) is 19.4. The first kappa shape index (κ1) is 19.3. The Bertz CT molecular complexity index is 1240. The molecule has 0 N–H and O–H groups in total. The summed E-state index contributed by atoms with van der Waals surface area (Å²) in [5.41, 5.74) is 3.22. The van der Waals surface area contributed by atoms with Gasteiger partial charge < -0.3 is 9.64 Å². The van der Waals surface area contributed by atoms with Crippen molar-refractivity contribution in [2.45, 2.75) is 13.1 Å². The van der Waals surface area contributed by atoms with Crippen LogP contribution in [0.3, 0.4) is 0 Å². The number of carbonyl (C=O) groups excluding carboxylic acids is 1. The van der Waals surface area contributed by atoms with Gasteiger partial charge in [0.05, 0.1) is 16.3 Å². The summed E-state index contributed by atoms with van der Waals surface area (Å²) in [5.74, 6) is -0.525. The molecule has 31 heavy (non-hydrogen) atoms. The van der Waals surface area contributed by atoms with Crippen molar-refractivity contribution in [3.8, 4) is 17.2 Å². The van der Waals surface area contributed by atoms with Gasteiger partial charge in [0.2, 0.25) is 0 Å². The number of fused-ring (bicyclic) bond motifs is 1. The van der Waals surface area contributed by atoms with Gasteiger partial charge in [-0.2, -0.15) is 5.10 Å². The van der Waals surface area contributed by atoms with Gasteiger partial charge in [-0.15, -0.1) is 0 Å². The minimum absolute atomic E-state index is 0.0852. The number of halogens is 2. The predicted molar refractivity (Wildman–Crippen MR) is 115 cm³/mol.